The van der Waals surface area contributed by atoms with Crippen molar-refractivity contribution in [1.82, 2.24) is 20.1 Å². The molecule has 0 unspecified atom stereocenters. The quantitative estimate of drug-likeness (QED) is 0.343. The maximum Gasteiger partial charge on any atom is 0.221 e. The van der Waals surface area contributed by atoms with Gasteiger partial charge in [0.15, 0.2) is 5.16 Å². The average Bonchev–Trinajstić information content (AvgIpc) is 3.19. The summed E-state index contributed by atoms with van der Waals surface area (Å²) in [6.45, 7) is 4.95. The van der Waals surface area contributed by atoms with Gasteiger partial charge < -0.3 is 14.6 Å². The van der Waals surface area contributed by atoms with Gasteiger partial charge in [0.1, 0.15) is 11.6 Å². The van der Waals surface area contributed by atoms with E-state index in [4.69, 9.17) is 4.74 Å². The smallest absolute Gasteiger partial charge is 0.221 e. The molecule has 31 heavy (non-hydrogen) atoms. The number of aryl methyl sites for hydroxylation is 2. The zero-order chi connectivity index (χ0) is 21.9. The Morgan fingerprint density at radius 2 is 1.90 bits per heavy atom. The lowest BCUT2D eigenvalue weighted by molar-refractivity contribution is -0.120. The molecule has 3 rings (SSSR count). The highest BCUT2D eigenvalue weighted by atomic mass is 32.2. The van der Waals surface area contributed by atoms with Gasteiger partial charge in [-0.2, -0.15) is 0 Å². The maximum absolute atomic E-state index is 12.3. The van der Waals surface area contributed by atoms with E-state index in [0.29, 0.717) is 25.3 Å². The fourth-order valence-electron chi connectivity index (χ4n) is 3.19. The van der Waals surface area contributed by atoms with Crippen LogP contribution in [0.2, 0.25) is 0 Å². The lowest BCUT2D eigenvalue weighted by atomic mass is 10.1. The lowest BCUT2D eigenvalue weighted by Crippen LogP contribution is -2.23. The molecule has 0 fully saturated rings. The van der Waals surface area contributed by atoms with Gasteiger partial charge in [-0.05, 0) is 18.1 Å². The molecular weight excluding hydrogens is 408 g/mol. The van der Waals surface area contributed by atoms with Crippen molar-refractivity contribution in [2.75, 3.05) is 12.9 Å². The van der Waals surface area contributed by atoms with E-state index < -0.39 is 0 Å². The molecule has 0 atom stereocenters. The summed E-state index contributed by atoms with van der Waals surface area (Å²) >= 11 is 1.54. The van der Waals surface area contributed by atoms with E-state index in [1.165, 1.54) is 5.56 Å². The second-order valence-electron chi connectivity index (χ2n) is 6.97. The van der Waals surface area contributed by atoms with Gasteiger partial charge in [-0.15, -0.1) is 16.8 Å². The third-order valence-corrected chi connectivity index (χ3v) is 5.78. The Hall–Kier alpha value is -3.06. The Morgan fingerprint density at radius 1 is 1.13 bits per heavy atom. The number of nitrogens with zero attached hydrogens (tertiary/aromatic N) is 3. The number of carbonyl (C=O) groups is 1. The first-order chi connectivity index (χ1) is 15.2. The molecule has 0 saturated carbocycles. The van der Waals surface area contributed by atoms with Crippen molar-refractivity contribution < 1.29 is 9.53 Å². The van der Waals surface area contributed by atoms with Crippen LogP contribution in [0.1, 0.15) is 23.4 Å². The van der Waals surface area contributed by atoms with Gasteiger partial charge in [0.25, 0.3) is 0 Å². The van der Waals surface area contributed by atoms with Crippen LogP contribution in [0.3, 0.4) is 0 Å². The minimum absolute atomic E-state index is 0.00232. The predicted octanol–water partition coefficient (Wildman–Crippen LogP) is 4.06. The van der Waals surface area contributed by atoms with E-state index in [-0.39, 0.29) is 5.91 Å². The van der Waals surface area contributed by atoms with Crippen LogP contribution >= 0.6 is 11.8 Å². The Balaban J connectivity index is 1.49. The highest BCUT2D eigenvalue weighted by Gasteiger charge is 2.13. The first-order valence-electron chi connectivity index (χ1n) is 10.3. The fourth-order valence-corrected chi connectivity index (χ4v) is 4.09. The van der Waals surface area contributed by atoms with E-state index >= 15 is 0 Å². The zero-order valence-corrected chi connectivity index (χ0v) is 18.6. The first kappa shape index (κ1) is 22.6. The van der Waals surface area contributed by atoms with Crippen molar-refractivity contribution in [3.05, 3.63) is 84.2 Å². The number of carbonyl (C=O) groups excluding carboxylic acids is 1. The van der Waals surface area contributed by atoms with E-state index in [0.717, 1.165) is 35.1 Å². The molecule has 1 amide bonds. The summed E-state index contributed by atoms with van der Waals surface area (Å²) in [5.41, 5.74) is 2.23. The van der Waals surface area contributed by atoms with Gasteiger partial charge in [-0.3, -0.25) is 4.79 Å². The van der Waals surface area contributed by atoms with Crippen molar-refractivity contribution in [3.8, 4) is 5.75 Å². The molecule has 0 aliphatic rings. The zero-order valence-electron chi connectivity index (χ0n) is 17.8. The van der Waals surface area contributed by atoms with E-state index in [1.807, 2.05) is 48.5 Å². The Morgan fingerprint density at radius 3 is 2.68 bits per heavy atom. The number of nitrogens with one attached hydrogen (secondary N) is 1. The number of amides is 1. The molecule has 0 saturated heterocycles. The topological polar surface area (TPSA) is 69.0 Å². The third-order valence-electron chi connectivity index (χ3n) is 4.81. The molecule has 1 aromatic heterocycles. The Bertz CT molecular complexity index is 988. The number of para-hydroxylation sites is 1. The molecule has 0 spiro atoms. The molecule has 1 N–H and O–H groups in total. The molecule has 0 radical (unpaired) electrons. The molecule has 2 aromatic carbocycles. The average molecular weight is 437 g/mol. The molecular formula is C24H28N4O2S. The van der Waals surface area contributed by atoms with Crippen molar-refractivity contribution in [3.63, 3.8) is 0 Å². The second kappa shape index (κ2) is 12.0. The van der Waals surface area contributed by atoms with E-state index in [1.54, 1.807) is 18.9 Å². The second-order valence-corrected chi connectivity index (χ2v) is 8.03. The molecule has 1 heterocycles. The summed E-state index contributed by atoms with van der Waals surface area (Å²) < 4.78 is 7.40. The predicted molar refractivity (Wildman–Crippen MR) is 124 cm³/mol. The number of allylic oxidation sites excluding steroid dienone is 1. The Kier molecular flexibility index (Phi) is 8.72. The van der Waals surface area contributed by atoms with Gasteiger partial charge in [0, 0.05) is 37.2 Å². The molecule has 0 aliphatic carbocycles. The normalized spacial score (nSPS) is 10.6. The van der Waals surface area contributed by atoms with Crippen LogP contribution in [0.25, 0.3) is 0 Å². The van der Waals surface area contributed by atoms with Crippen molar-refractivity contribution in [2.24, 2.45) is 0 Å². The summed E-state index contributed by atoms with van der Waals surface area (Å²) in [5.74, 6) is 2.34. The number of benzene rings is 2. The molecule has 7 heteroatoms. The van der Waals surface area contributed by atoms with Gasteiger partial charge in [-0.25, -0.2) is 0 Å². The number of hydrogen-bond donors (Lipinski definition) is 1. The van der Waals surface area contributed by atoms with Crippen molar-refractivity contribution >= 4 is 17.7 Å². The number of methoxy groups -OCH3 is 1. The van der Waals surface area contributed by atoms with E-state index in [2.05, 4.69) is 38.8 Å². The van der Waals surface area contributed by atoms with Crippen LogP contribution in [-0.2, 0) is 30.7 Å². The van der Waals surface area contributed by atoms with Crippen molar-refractivity contribution in [2.45, 2.75) is 37.5 Å². The monoisotopic (exact) mass is 436 g/mol. The lowest BCUT2D eigenvalue weighted by Gasteiger charge is -2.10. The molecule has 0 aliphatic heterocycles. The maximum atomic E-state index is 12.3. The van der Waals surface area contributed by atoms with Crippen LogP contribution in [0, 0.1) is 0 Å². The fraction of sp³-hybridized carbons (Fsp3) is 0.292. The van der Waals surface area contributed by atoms with Crippen LogP contribution in [0.5, 0.6) is 5.75 Å². The van der Waals surface area contributed by atoms with Crippen LogP contribution in [-0.4, -0.2) is 33.5 Å². The summed E-state index contributed by atoms with van der Waals surface area (Å²) in [4.78, 5) is 12.3. The minimum Gasteiger partial charge on any atom is -0.496 e. The summed E-state index contributed by atoms with van der Waals surface area (Å²) in [6, 6.07) is 18.0. The first-order valence-corrected chi connectivity index (χ1v) is 11.3. The SMILES string of the molecule is C=CCn1c(CCc2ccccc2)nnc1SCCC(=O)NCc1ccccc1OC. The number of ether oxygens (including phenoxy) is 1. The van der Waals surface area contributed by atoms with Crippen LogP contribution in [0.4, 0.5) is 0 Å². The van der Waals surface area contributed by atoms with Gasteiger partial charge in [0.05, 0.1) is 7.11 Å². The summed E-state index contributed by atoms with van der Waals surface area (Å²) in [5, 5.41) is 12.5. The number of hydrogen-bond acceptors (Lipinski definition) is 5. The number of rotatable bonds is 12. The van der Waals surface area contributed by atoms with Crippen molar-refractivity contribution in [1.29, 1.82) is 0 Å². The standard InChI is InChI=1S/C24H28N4O2S/c1-3-16-28-22(14-13-19-9-5-4-6-10-19)26-27-24(28)31-17-15-23(29)25-18-20-11-7-8-12-21(20)30-2/h3-12H,1,13-18H2,2H3,(H,25,29). The summed E-state index contributed by atoms with van der Waals surface area (Å²) in [7, 11) is 1.63. The molecule has 0 bridgehead atoms. The van der Waals surface area contributed by atoms with E-state index in [9.17, 15) is 4.79 Å². The van der Waals surface area contributed by atoms with Gasteiger partial charge in [0.2, 0.25) is 5.91 Å². The highest BCUT2D eigenvalue weighted by molar-refractivity contribution is 7.99. The van der Waals surface area contributed by atoms with Gasteiger partial charge in [-0.1, -0.05) is 66.4 Å². The number of thioether (sulfide) groups is 1. The van der Waals surface area contributed by atoms with Crippen LogP contribution in [0.15, 0.2) is 72.4 Å². The molecule has 3 aromatic rings. The third kappa shape index (κ3) is 6.72. The number of aromatic nitrogens is 3. The molecule has 162 valence electrons. The highest BCUT2D eigenvalue weighted by Crippen LogP contribution is 2.20. The largest absolute Gasteiger partial charge is 0.496 e. The summed E-state index contributed by atoms with van der Waals surface area (Å²) in [6.07, 6.45) is 3.97. The van der Waals surface area contributed by atoms with Gasteiger partial charge >= 0.3 is 0 Å². The molecule has 6 nitrogen and oxygen atoms in total. The van der Waals surface area contributed by atoms with Crippen LogP contribution < -0.4 is 10.1 Å². The Labute approximate surface area is 187 Å². The minimum atomic E-state index is -0.00232.